The van der Waals surface area contributed by atoms with E-state index in [0.29, 0.717) is 12.8 Å². The van der Waals surface area contributed by atoms with Gasteiger partial charge in [-0.1, -0.05) is 127 Å². The summed E-state index contributed by atoms with van der Waals surface area (Å²) in [6, 6.07) is 0. The number of allylic oxidation sites excluding steroid dienone is 8. The zero-order chi connectivity index (χ0) is 28.5. The molecule has 0 saturated heterocycles. The van der Waals surface area contributed by atoms with E-state index in [9.17, 15) is 9.59 Å². The summed E-state index contributed by atoms with van der Waals surface area (Å²) in [7, 11) is 0. The molecule has 0 unspecified atom stereocenters. The van der Waals surface area contributed by atoms with Crippen molar-refractivity contribution in [1.29, 1.82) is 0 Å². The van der Waals surface area contributed by atoms with Gasteiger partial charge >= 0.3 is 11.9 Å². The number of rotatable bonds is 28. The first kappa shape index (κ1) is 37.1. The van der Waals surface area contributed by atoms with Crippen LogP contribution < -0.4 is 0 Å². The van der Waals surface area contributed by atoms with Crippen LogP contribution in [-0.4, -0.2) is 11.9 Å². The quantitative estimate of drug-likeness (QED) is 0.0427. The van der Waals surface area contributed by atoms with Gasteiger partial charge in [0.2, 0.25) is 0 Å². The van der Waals surface area contributed by atoms with Crippen LogP contribution in [0.25, 0.3) is 0 Å². The number of ether oxygens (including phenoxy) is 1. The van der Waals surface area contributed by atoms with E-state index in [1.165, 1.54) is 77.0 Å². The Morgan fingerprint density at radius 3 is 1.08 bits per heavy atom. The van der Waals surface area contributed by atoms with E-state index in [1.807, 2.05) is 0 Å². The number of unbranched alkanes of at least 4 members (excludes halogenated alkanes) is 16. The van der Waals surface area contributed by atoms with E-state index >= 15 is 0 Å². The third kappa shape index (κ3) is 32.2. The minimum absolute atomic E-state index is 0.353. The summed E-state index contributed by atoms with van der Waals surface area (Å²) < 4.78 is 4.98. The first-order valence-corrected chi connectivity index (χ1v) is 16.5. The highest BCUT2D eigenvalue weighted by atomic mass is 16.6. The van der Waals surface area contributed by atoms with Crippen LogP contribution in [0.2, 0.25) is 0 Å². The second-order valence-electron chi connectivity index (χ2n) is 10.8. The summed E-state index contributed by atoms with van der Waals surface area (Å²) in [4.78, 5) is 23.8. The maximum Gasteiger partial charge on any atom is 0.313 e. The zero-order valence-corrected chi connectivity index (χ0v) is 25.8. The number of esters is 2. The summed E-state index contributed by atoms with van der Waals surface area (Å²) >= 11 is 0. The van der Waals surface area contributed by atoms with Crippen molar-refractivity contribution in [3.8, 4) is 0 Å². The van der Waals surface area contributed by atoms with E-state index in [0.717, 1.165) is 64.2 Å². The lowest BCUT2D eigenvalue weighted by atomic mass is 10.1. The summed E-state index contributed by atoms with van der Waals surface area (Å²) in [6.07, 6.45) is 44.3. The highest BCUT2D eigenvalue weighted by Gasteiger charge is 2.09. The van der Waals surface area contributed by atoms with Gasteiger partial charge in [0.05, 0.1) is 0 Å². The molecule has 0 aliphatic heterocycles. The summed E-state index contributed by atoms with van der Waals surface area (Å²) in [5.74, 6) is -0.707. The Morgan fingerprint density at radius 1 is 0.410 bits per heavy atom. The maximum atomic E-state index is 11.9. The summed E-state index contributed by atoms with van der Waals surface area (Å²) in [6.45, 7) is 4.48. The van der Waals surface area contributed by atoms with E-state index in [2.05, 4.69) is 62.5 Å². The van der Waals surface area contributed by atoms with Crippen molar-refractivity contribution >= 4 is 11.9 Å². The molecule has 0 aliphatic carbocycles. The number of hydrogen-bond acceptors (Lipinski definition) is 3. The van der Waals surface area contributed by atoms with E-state index in [1.54, 1.807) is 0 Å². The fraction of sp³-hybridized carbons (Fsp3) is 0.722. The van der Waals surface area contributed by atoms with Crippen LogP contribution in [0.1, 0.15) is 168 Å². The highest BCUT2D eigenvalue weighted by Crippen LogP contribution is 2.11. The molecule has 0 amide bonds. The van der Waals surface area contributed by atoms with Crippen LogP contribution in [0.5, 0.6) is 0 Å². The standard InChI is InChI=1S/C36H62O3/c1-3-5-7-9-11-13-15-17-19-21-23-25-27-29-31-33-35(37)39-36(38)34-32-30-28-26-24-22-20-18-16-14-12-10-8-6-4-2/h11-14,17-20H,3-10,15-16,21-34H2,1-2H3/b13-11+,14-12+,19-17-,20-18+. The van der Waals surface area contributed by atoms with Gasteiger partial charge in [-0.25, -0.2) is 0 Å². The molecule has 3 nitrogen and oxygen atoms in total. The maximum absolute atomic E-state index is 11.9. The van der Waals surface area contributed by atoms with Crippen LogP contribution in [0, 0.1) is 0 Å². The lowest BCUT2D eigenvalue weighted by Gasteiger charge is -2.04. The van der Waals surface area contributed by atoms with Crippen molar-refractivity contribution in [1.82, 2.24) is 0 Å². The van der Waals surface area contributed by atoms with Crippen molar-refractivity contribution in [3.63, 3.8) is 0 Å². The molecule has 224 valence electrons. The van der Waals surface area contributed by atoms with Gasteiger partial charge < -0.3 is 4.74 Å². The monoisotopic (exact) mass is 542 g/mol. The lowest BCUT2D eigenvalue weighted by Crippen LogP contribution is -2.11. The smallest absolute Gasteiger partial charge is 0.313 e. The largest absolute Gasteiger partial charge is 0.393 e. The number of hydrogen-bond donors (Lipinski definition) is 0. The third-order valence-corrected chi connectivity index (χ3v) is 6.89. The van der Waals surface area contributed by atoms with Gasteiger partial charge in [0, 0.05) is 12.8 Å². The molecule has 0 aromatic heterocycles. The second kappa shape index (κ2) is 32.3. The Labute approximate surface area is 242 Å². The molecule has 0 atom stereocenters. The van der Waals surface area contributed by atoms with Gasteiger partial charge in [-0.15, -0.1) is 0 Å². The molecule has 0 spiro atoms. The van der Waals surface area contributed by atoms with Crippen molar-refractivity contribution in [2.24, 2.45) is 0 Å². The van der Waals surface area contributed by atoms with Gasteiger partial charge in [-0.05, 0) is 77.0 Å². The normalized spacial score (nSPS) is 12.1. The number of carbonyl (C=O) groups excluding carboxylic acids is 2. The van der Waals surface area contributed by atoms with E-state index in [4.69, 9.17) is 4.74 Å². The van der Waals surface area contributed by atoms with Gasteiger partial charge in [0.15, 0.2) is 0 Å². The molecule has 3 heteroatoms. The molecular weight excluding hydrogens is 480 g/mol. The Kier molecular flexibility index (Phi) is 30.7. The highest BCUT2D eigenvalue weighted by molar-refractivity contribution is 5.85. The van der Waals surface area contributed by atoms with Gasteiger partial charge in [0.25, 0.3) is 0 Å². The van der Waals surface area contributed by atoms with Crippen LogP contribution >= 0.6 is 0 Å². The van der Waals surface area contributed by atoms with Crippen molar-refractivity contribution < 1.29 is 14.3 Å². The summed E-state index contributed by atoms with van der Waals surface area (Å²) in [5, 5.41) is 0. The second-order valence-corrected chi connectivity index (χ2v) is 10.8. The fourth-order valence-electron chi connectivity index (χ4n) is 4.39. The molecule has 0 aromatic rings. The van der Waals surface area contributed by atoms with Crippen LogP contribution in [0.4, 0.5) is 0 Å². The molecule has 0 radical (unpaired) electrons. The third-order valence-electron chi connectivity index (χ3n) is 6.89. The molecule has 0 bridgehead atoms. The predicted octanol–water partition coefficient (Wildman–Crippen LogP) is 11.7. The van der Waals surface area contributed by atoms with Crippen molar-refractivity contribution in [2.45, 2.75) is 168 Å². The van der Waals surface area contributed by atoms with E-state index in [-0.39, 0.29) is 11.9 Å². The molecule has 0 rings (SSSR count). The Morgan fingerprint density at radius 2 is 0.718 bits per heavy atom. The zero-order valence-electron chi connectivity index (χ0n) is 25.8. The molecule has 0 heterocycles. The Bertz CT molecular complexity index is 600. The topological polar surface area (TPSA) is 43.4 Å². The van der Waals surface area contributed by atoms with Gasteiger partial charge in [-0.3, -0.25) is 9.59 Å². The predicted molar refractivity (Wildman–Crippen MR) is 170 cm³/mol. The lowest BCUT2D eigenvalue weighted by molar-refractivity contribution is -0.159. The molecule has 0 aliphatic rings. The Balaban J connectivity index is 3.44. The minimum Gasteiger partial charge on any atom is -0.393 e. The van der Waals surface area contributed by atoms with Gasteiger partial charge in [0.1, 0.15) is 0 Å². The first-order valence-electron chi connectivity index (χ1n) is 16.5. The van der Waals surface area contributed by atoms with Crippen LogP contribution in [0.3, 0.4) is 0 Å². The summed E-state index contributed by atoms with van der Waals surface area (Å²) in [5.41, 5.74) is 0. The molecular formula is C36H62O3. The van der Waals surface area contributed by atoms with Gasteiger partial charge in [-0.2, -0.15) is 0 Å². The minimum atomic E-state index is -0.353. The first-order chi connectivity index (χ1) is 19.2. The SMILES string of the molecule is CCCCC/C=C/C/C=C\CCCCCCCC(=O)OC(=O)CCCCCCC/C=C/C/C=C/CCCCC. The molecule has 39 heavy (non-hydrogen) atoms. The van der Waals surface area contributed by atoms with Crippen molar-refractivity contribution in [3.05, 3.63) is 48.6 Å². The van der Waals surface area contributed by atoms with E-state index < -0.39 is 0 Å². The fourth-order valence-corrected chi connectivity index (χ4v) is 4.39. The number of carbonyl (C=O) groups is 2. The molecule has 0 fully saturated rings. The Hall–Kier alpha value is -1.90. The molecule has 0 N–H and O–H groups in total. The molecule has 0 saturated carbocycles. The van der Waals surface area contributed by atoms with Crippen molar-refractivity contribution in [2.75, 3.05) is 0 Å². The average molecular weight is 543 g/mol. The average Bonchev–Trinajstić information content (AvgIpc) is 2.93. The van der Waals surface area contributed by atoms with Crippen LogP contribution in [-0.2, 0) is 14.3 Å². The molecule has 0 aromatic carbocycles. The van der Waals surface area contributed by atoms with Crippen LogP contribution in [0.15, 0.2) is 48.6 Å².